The zero-order valence-electron chi connectivity index (χ0n) is 18.2. The van der Waals surface area contributed by atoms with Crippen molar-refractivity contribution in [2.24, 2.45) is 0 Å². The van der Waals surface area contributed by atoms with E-state index in [9.17, 15) is 19.8 Å². The molecule has 4 rings (SSSR count). The number of aliphatic hydroxyl groups is 1. The largest absolute Gasteiger partial charge is 0.507 e. The lowest BCUT2D eigenvalue weighted by atomic mass is 9.96. The van der Waals surface area contributed by atoms with Gasteiger partial charge in [-0.1, -0.05) is 23.7 Å². The van der Waals surface area contributed by atoms with E-state index in [1.54, 1.807) is 56.3 Å². The molecule has 1 unspecified atom stereocenters. The average Bonchev–Trinajstić information content (AvgIpc) is 3.05. The molecule has 2 heterocycles. The summed E-state index contributed by atoms with van der Waals surface area (Å²) >= 11 is 6.30. The Morgan fingerprint density at radius 1 is 1.09 bits per heavy atom. The number of amides is 1. The number of ether oxygens (including phenoxy) is 1. The van der Waals surface area contributed by atoms with Crippen LogP contribution in [0.4, 0.5) is 5.69 Å². The number of aromatic nitrogens is 1. The van der Waals surface area contributed by atoms with Gasteiger partial charge in [0.05, 0.1) is 34.7 Å². The van der Waals surface area contributed by atoms with Gasteiger partial charge in [0.1, 0.15) is 23.3 Å². The number of phenols is 1. The number of benzene rings is 2. The lowest BCUT2D eigenvalue weighted by Gasteiger charge is -2.25. The number of aryl methyl sites for hydroxylation is 2. The molecule has 33 heavy (non-hydrogen) atoms. The molecule has 1 amide bonds. The van der Waals surface area contributed by atoms with Crippen LogP contribution in [0.2, 0.25) is 5.02 Å². The number of ketones is 1. The third-order valence-corrected chi connectivity index (χ3v) is 5.73. The van der Waals surface area contributed by atoms with Crippen molar-refractivity contribution in [3.8, 4) is 11.5 Å². The van der Waals surface area contributed by atoms with E-state index in [2.05, 4.69) is 4.98 Å². The quantitative estimate of drug-likeness (QED) is 0.330. The Morgan fingerprint density at radius 2 is 1.85 bits per heavy atom. The standard InChI is InChI=1S/C25H21ClN2O5/c1-13-7-8-19(29)18(12-13)28-21(17-6-4-5-9-27-17)20(23(31)25(28)32)22(30)15-10-14(2)11-16(26)24(15)33-3/h4-12,21,29-30H,1-3H3/b22-20+. The summed E-state index contributed by atoms with van der Waals surface area (Å²) in [5, 5.41) is 22.1. The minimum Gasteiger partial charge on any atom is -0.507 e. The van der Waals surface area contributed by atoms with Gasteiger partial charge in [-0.3, -0.25) is 19.5 Å². The fourth-order valence-electron chi connectivity index (χ4n) is 3.98. The number of anilines is 1. The Morgan fingerprint density at radius 3 is 2.52 bits per heavy atom. The maximum Gasteiger partial charge on any atom is 0.300 e. The van der Waals surface area contributed by atoms with Crippen molar-refractivity contribution in [1.82, 2.24) is 4.98 Å². The van der Waals surface area contributed by atoms with Crippen molar-refractivity contribution in [3.05, 3.63) is 87.7 Å². The summed E-state index contributed by atoms with van der Waals surface area (Å²) < 4.78 is 5.37. The van der Waals surface area contributed by atoms with Crippen molar-refractivity contribution in [3.63, 3.8) is 0 Å². The molecule has 0 bridgehead atoms. The number of aromatic hydroxyl groups is 1. The van der Waals surface area contributed by atoms with E-state index >= 15 is 0 Å². The first-order valence-electron chi connectivity index (χ1n) is 10.1. The van der Waals surface area contributed by atoms with Crippen molar-refractivity contribution in [2.75, 3.05) is 12.0 Å². The molecule has 0 saturated carbocycles. The fraction of sp³-hybridized carbons (Fsp3) is 0.160. The van der Waals surface area contributed by atoms with Gasteiger partial charge in [-0.05, 0) is 61.4 Å². The molecule has 0 radical (unpaired) electrons. The van der Waals surface area contributed by atoms with Crippen LogP contribution in [-0.4, -0.2) is 34.0 Å². The van der Waals surface area contributed by atoms with E-state index < -0.39 is 23.5 Å². The fourth-order valence-corrected chi connectivity index (χ4v) is 4.33. The lowest BCUT2D eigenvalue weighted by Crippen LogP contribution is -2.30. The van der Waals surface area contributed by atoms with Gasteiger partial charge < -0.3 is 14.9 Å². The van der Waals surface area contributed by atoms with Gasteiger partial charge in [-0.2, -0.15) is 0 Å². The second kappa shape index (κ2) is 8.60. The van der Waals surface area contributed by atoms with Gasteiger partial charge in [0.25, 0.3) is 11.7 Å². The molecule has 0 spiro atoms. The summed E-state index contributed by atoms with van der Waals surface area (Å²) in [4.78, 5) is 32.0. The highest BCUT2D eigenvalue weighted by Crippen LogP contribution is 2.46. The number of phenolic OH excluding ortho intramolecular Hbond substituents is 1. The van der Waals surface area contributed by atoms with Gasteiger partial charge in [0, 0.05) is 6.20 Å². The number of rotatable bonds is 4. The van der Waals surface area contributed by atoms with Crippen molar-refractivity contribution in [1.29, 1.82) is 0 Å². The number of hydrogen-bond donors (Lipinski definition) is 2. The van der Waals surface area contributed by atoms with Crippen molar-refractivity contribution in [2.45, 2.75) is 19.9 Å². The summed E-state index contributed by atoms with van der Waals surface area (Å²) in [5.41, 5.74) is 1.98. The van der Waals surface area contributed by atoms with Crippen LogP contribution in [0.15, 0.2) is 60.3 Å². The average molecular weight is 465 g/mol. The molecule has 3 aromatic rings. The van der Waals surface area contributed by atoms with Crippen LogP contribution in [-0.2, 0) is 9.59 Å². The zero-order chi connectivity index (χ0) is 23.9. The number of carbonyl (C=O) groups is 2. The Hall–Kier alpha value is -3.84. The second-order valence-electron chi connectivity index (χ2n) is 7.74. The SMILES string of the molecule is COc1c(Cl)cc(C)cc1/C(O)=C1\C(=O)C(=O)N(c2cc(C)ccc2O)C1c1ccccn1. The Balaban J connectivity index is 2.03. The highest BCUT2D eigenvalue weighted by molar-refractivity contribution is 6.52. The Bertz CT molecular complexity index is 1300. The number of aliphatic hydroxyl groups excluding tert-OH is 1. The van der Waals surface area contributed by atoms with Crippen molar-refractivity contribution >= 4 is 34.7 Å². The number of nitrogens with zero attached hydrogens (tertiary/aromatic N) is 2. The van der Waals surface area contributed by atoms with Crippen LogP contribution >= 0.6 is 11.6 Å². The maximum atomic E-state index is 13.3. The molecule has 1 atom stereocenters. The van der Waals surface area contributed by atoms with Gasteiger partial charge in [-0.25, -0.2) is 0 Å². The Kier molecular flexibility index (Phi) is 5.82. The van der Waals surface area contributed by atoms with Gasteiger partial charge >= 0.3 is 0 Å². The molecule has 1 aliphatic rings. The highest BCUT2D eigenvalue weighted by Gasteiger charge is 2.48. The molecule has 2 N–H and O–H groups in total. The van der Waals surface area contributed by atoms with Crippen LogP contribution in [0, 0.1) is 13.8 Å². The maximum absolute atomic E-state index is 13.3. The van der Waals surface area contributed by atoms with E-state index in [0.29, 0.717) is 5.69 Å². The number of methoxy groups -OCH3 is 1. The Labute approximate surface area is 195 Å². The molecule has 1 saturated heterocycles. The molecule has 1 fully saturated rings. The summed E-state index contributed by atoms with van der Waals surface area (Å²) in [6.07, 6.45) is 1.52. The number of Topliss-reactive ketones (excluding diaryl/α,β-unsaturated/α-hetero) is 1. The molecule has 0 aliphatic carbocycles. The summed E-state index contributed by atoms with van der Waals surface area (Å²) in [5.74, 6) is -2.26. The van der Waals surface area contributed by atoms with E-state index in [-0.39, 0.29) is 33.3 Å². The first-order chi connectivity index (χ1) is 15.7. The third kappa shape index (κ3) is 3.81. The monoisotopic (exact) mass is 464 g/mol. The van der Waals surface area contributed by atoms with Gasteiger partial charge in [-0.15, -0.1) is 0 Å². The highest BCUT2D eigenvalue weighted by atomic mass is 35.5. The normalized spacial score (nSPS) is 17.5. The van der Waals surface area contributed by atoms with E-state index in [4.69, 9.17) is 16.3 Å². The molecular weight excluding hydrogens is 444 g/mol. The van der Waals surface area contributed by atoms with E-state index in [1.807, 2.05) is 0 Å². The predicted molar refractivity (Wildman–Crippen MR) is 125 cm³/mol. The molecule has 168 valence electrons. The topological polar surface area (TPSA) is 100.0 Å². The van der Waals surface area contributed by atoms with Crippen LogP contribution in [0.3, 0.4) is 0 Å². The summed E-state index contributed by atoms with van der Waals surface area (Å²) in [7, 11) is 1.40. The molecule has 1 aromatic heterocycles. The van der Waals surface area contributed by atoms with Crippen LogP contribution < -0.4 is 9.64 Å². The number of hydrogen-bond acceptors (Lipinski definition) is 6. The number of halogens is 1. The third-order valence-electron chi connectivity index (χ3n) is 5.45. The molecule has 2 aromatic carbocycles. The zero-order valence-corrected chi connectivity index (χ0v) is 18.9. The minimum absolute atomic E-state index is 0.140. The summed E-state index contributed by atoms with van der Waals surface area (Å²) in [6.45, 7) is 3.58. The number of carbonyl (C=O) groups excluding carboxylic acids is 2. The molecule has 8 heteroatoms. The molecular formula is C25H21ClN2O5. The first-order valence-corrected chi connectivity index (χ1v) is 10.5. The van der Waals surface area contributed by atoms with Crippen molar-refractivity contribution < 1.29 is 24.5 Å². The van der Waals surface area contributed by atoms with Gasteiger partial charge in [0.15, 0.2) is 0 Å². The van der Waals surface area contributed by atoms with E-state index in [1.165, 1.54) is 19.4 Å². The van der Waals surface area contributed by atoms with Gasteiger partial charge in [0.2, 0.25) is 0 Å². The number of pyridine rings is 1. The minimum atomic E-state index is -1.08. The lowest BCUT2D eigenvalue weighted by molar-refractivity contribution is -0.132. The summed E-state index contributed by atoms with van der Waals surface area (Å²) in [6, 6.07) is 12.0. The molecule has 1 aliphatic heterocycles. The predicted octanol–water partition coefficient (Wildman–Crippen LogP) is 4.69. The molecule has 7 nitrogen and oxygen atoms in total. The van der Waals surface area contributed by atoms with Crippen LogP contribution in [0.25, 0.3) is 5.76 Å². The smallest absolute Gasteiger partial charge is 0.300 e. The first kappa shape index (κ1) is 22.4. The van der Waals surface area contributed by atoms with Crippen LogP contribution in [0.5, 0.6) is 11.5 Å². The van der Waals surface area contributed by atoms with Crippen LogP contribution in [0.1, 0.15) is 28.4 Å². The van der Waals surface area contributed by atoms with E-state index in [0.717, 1.165) is 16.0 Å². The second-order valence-corrected chi connectivity index (χ2v) is 8.15.